The summed E-state index contributed by atoms with van der Waals surface area (Å²) in [7, 11) is 1.53. The van der Waals surface area contributed by atoms with Crippen molar-refractivity contribution >= 4 is 28.4 Å². The van der Waals surface area contributed by atoms with E-state index in [2.05, 4.69) is 20.3 Å². The minimum atomic E-state index is -0.992. The summed E-state index contributed by atoms with van der Waals surface area (Å²) < 4.78 is 5.01. The Morgan fingerprint density at radius 2 is 2.15 bits per heavy atom. The van der Waals surface area contributed by atoms with Crippen LogP contribution < -0.4 is 10.1 Å². The van der Waals surface area contributed by atoms with Crippen molar-refractivity contribution in [3.8, 4) is 17.1 Å². The Kier molecular flexibility index (Phi) is 5.39. The van der Waals surface area contributed by atoms with Gasteiger partial charge in [-0.25, -0.2) is 9.97 Å². The summed E-state index contributed by atoms with van der Waals surface area (Å²) in [4.78, 5) is 23.4. The molecule has 0 saturated carbocycles. The van der Waals surface area contributed by atoms with E-state index in [0.717, 1.165) is 22.2 Å². The molecule has 1 amide bonds. The van der Waals surface area contributed by atoms with Crippen molar-refractivity contribution in [2.45, 2.75) is 26.0 Å². The smallest absolute Gasteiger partial charge is 0.249 e. The van der Waals surface area contributed by atoms with E-state index in [1.54, 1.807) is 13.1 Å². The lowest BCUT2D eigenvalue weighted by Gasteiger charge is -2.07. The minimum Gasteiger partial charge on any atom is -0.480 e. The maximum atomic E-state index is 11.7. The second-order valence-electron chi connectivity index (χ2n) is 5.80. The Morgan fingerprint density at radius 3 is 2.81 bits per heavy atom. The summed E-state index contributed by atoms with van der Waals surface area (Å²) in [5, 5.41) is 13.7. The number of aliphatic hydroxyl groups is 1. The number of amides is 1. The number of nitrogens with zero attached hydrogens (tertiary/aromatic N) is 2. The van der Waals surface area contributed by atoms with Gasteiger partial charge in [0, 0.05) is 22.2 Å². The molecule has 2 heterocycles. The average molecular weight is 375 g/mol. The van der Waals surface area contributed by atoms with E-state index in [-0.39, 0.29) is 0 Å². The van der Waals surface area contributed by atoms with Crippen LogP contribution in [0.3, 0.4) is 0 Å². The SMILES string of the molecule is CCC(O)C(=O)NCc1cc2cc(Cl)c(-c3cnc(OC)cn3)cc2[nH]1. The summed E-state index contributed by atoms with van der Waals surface area (Å²) in [6.45, 7) is 2.04. The number of hydrogen-bond donors (Lipinski definition) is 3. The van der Waals surface area contributed by atoms with Crippen LogP contribution in [0.1, 0.15) is 19.0 Å². The summed E-state index contributed by atoms with van der Waals surface area (Å²) in [6, 6.07) is 5.63. The van der Waals surface area contributed by atoms with Gasteiger partial charge in [0.25, 0.3) is 0 Å². The first-order valence-electron chi connectivity index (χ1n) is 8.15. The number of H-pyrrole nitrogens is 1. The van der Waals surface area contributed by atoms with Crippen LogP contribution in [0, 0.1) is 0 Å². The number of methoxy groups -OCH3 is 1. The molecular weight excluding hydrogens is 356 g/mol. The zero-order chi connectivity index (χ0) is 18.7. The van der Waals surface area contributed by atoms with Gasteiger partial charge in [-0.2, -0.15) is 0 Å². The topological polar surface area (TPSA) is 100 Å². The molecule has 0 spiro atoms. The normalized spacial score (nSPS) is 12.2. The molecule has 3 rings (SSSR count). The van der Waals surface area contributed by atoms with E-state index < -0.39 is 12.0 Å². The van der Waals surface area contributed by atoms with Gasteiger partial charge in [0.15, 0.2) is 0 Å². The quantitative estimate of drug-likeness (QED) is 0.616. The Bertz CT molecular complexity index is 924. The van der Waals surface area contributed by atoms with Crippen molar-refractivity contribution in [2.75, 3.05) is 7.11 Å². The second kappa shape index (κ2) is 7.72. The number of aromatic nitrogens is 3. The van der Waals surface area contributed by atoms with E-state index in [1.165, 1.54) is 13.3 Å². The molecule has 136 valence electrons. The number of aliphatic hydroxyl groups excluding tert-OH is 1. The van der Waals surface area contributed by atoms with Crippen LogP contribution in [0.4, 0.5) is 0 Å². The van der Waals surface area contributed by atoms with Crippen LogP contribution in [-0.2, 0) is 11.3 Å². The van der Waals surface area contributed by atoms with Crippen molar-refractivity contribution in [3.63, 3.8) is 0 Å². The van der Waals surface area contributed by atoms with Crippen LogP contribution in [0.5, 0.6) is 5.88 Å². The molecule has 0 aliphatic carbocycles. The predicted octanol–water partition coefficient (Wildman–Crippen LogP) is 2.67. The number of benzene rings is 1. The predicted molar refractivity (Wildman–Crippen MR) is 99.0 cm³/mol. The maximum Gasteiger partial charge on any atom is 0.249 e. The number of aromatic amines is 1. The second-order valence-corrected chi connectivity index (χ2v) is 6.21. The van der Waals surface area contributed by atoms with E-state index in [9.17, 15) is 9.90 Å². The summed E-state index contributed by atoms with van der Waals surface area (Å²) >= 11 is 6.39. The van der Waals surface area contributed by atoms with Gasteiger partial charge in [-0.3, -0.25) is 4.79 Å². The third kappa shape index (κ3) is 3.79. The molecule has 3 N–H and O–H groups in total. The van der Waals surface area contributed by atoms with E-state index in [1.807, 2.05) is 18.2 Å². The largest absolute Gasteiger partial charge is 0.480 e. The molecule has 1 aromatic carbocycles. The Labute approximate surface area is 155 Å². The molecule has 2 aromatic heterocycles. The van der Waals surface area contributed by atoms with Crippen LogP contribution in [0.25, 0.3) is 22.2 Å². The van der Waals surface area contributed by atoms with Crippen LogP contribution in [0.2, 0.25) is 5.02 Å². The lowest BCUT2D eigenvalue weighted by atomic mass is 10.1. The third-order valence-electron chi connectivity index (χ3n) is 4.02. The van der Waals surface area contributed by atoms with Gasteiger partial charge in [-0.1, -0.05) is 18.5 Å². The van der Waals surface area contributed by atoms with Gasteiger partial charge in [-0.15, -0.1) is 0 Å². The standard InChI is InChI=1S/C18H19ClN4O3/c1-3-16(24)18(25)22-7-11-4-10-5-13(19)12(6-14(10)23-11)15-8-21-17(26-2)9-20-15/h4-6,8-9,16,23-24H,3,7H2,1-2H3,(H,22,25). The third-order valence-corrected chi connectivity index (χ3v) is 4.33. The molecule has 3 aromatic rings. The van der Waals surface area contributed by atoms with Crippen molar-refractivity contribution < 1.29 is 14.6 Å². The number of fused-ring (bicyclic) bond motifs is 1. The van der Waals surface area contributed by atoms with Crippen molar-refractivity contribution in [2.24, 2.45) is 0 Å². The molecule has 1 unspecified atom stereocenters. The molecule has 0 aliphatic heterocycles. The van der Waals surface area contributed by atoms with Crippen LogP contribution >= 0.6 is 11.6 Å². The molecule has 0 aliphatic rings. The van der Waals surface area contributed by atoms with Gasteiger partial charge < -0.3 is 20.1 Å². The molecule has 0 saturated heterocycles. The number of ether oxygens (including phenoxy) is 1. The summed E-state index contributed by atoms with van der Waals surface area (Å²) in [5.74, 6) is 0.0384. The maximum absolute atomic E-state index is 11.7. The highest BCUT2D eigenvalue weighted by Crippen LogP contribution is 2.31. The van der Waals surface area contributed by atoms with Crippen LogP contribution in [-0.4, -0.2) is 39.2 Å². The Balaban J connectivity index is 1.84. The van der Waals surface area contributed by atoms with Gasteiger partial charge in [0.2, 0.25) is 11.8 Å². The fourth-order valence-electron chi connectivity index (χ4n) is 2.55. The molecular formula is C18H19ClN4O3. The summed E-state index contributed by atoms with van der Waals surface area (Å²) in [5.41, 5.74) is 3.05. The first-order valence-corrected chi connectivity index (χ1v) is 8.53. The number of halogens is 1. The van der Waals surface area contributed by atoms with Crippen LogP contribution in [0.15, 0.2) is 30.6 Å². The number of carbonyl (C=O) groups excluding carboxylic acids is 1. The van der Waals surface area contributed by atoms with Crippen molar-refractivity contribution in [1.82, 2.24) is 20.3 Å². The van der Waals surface area contributed by atoms with Crippen molar-refractivity contribution in [3.05, 3.63) is 41.3 Å². The fourth-order valence-corrected chi connectivity index (χ4v) is 2.82. The number of carbonyl (C=O) groups is 1. The lowest BCUT2D eigenvalue weighted by Crippen LogP contribution is -2.33. The van der Waals surface area contributed by atoms with E-state index in [4.69, 9.17) is 16.3 Å². The first-order chi connectivity index (χ1) is 12.5. The van der Waals surface area contributed by atoms with Gasteiger partial charge in [-0.05, 0) is 24.6 Å². The van der Waals surface area contributed by atoms with Crippen molar-refractivity contribution in [1.29, 1.82) is 0 Å². The number of nitrogens with one attached hydrogen (secondary N) is 2. The molecule has 8 heteroatoms. The molecule has 0 bridgehead atoms. The average Bonchev–Trinajstić information content (AvgIpc) is 3.06. The molecule has 7 nitrogen and oxygen atoms in total. The van der Waals surface area contributed by atoms with E-state index in [0.29, 0.717) is 29.6 Å². The van der Waals surface area contributed by atoms with Gasteiger partial charge >= 0.3 is 0 Å². The number of hydrogen-bond acceptors (Lipinski definition) is 5. The Hall–Kier alpha value is -2.64. The molecule has 0 radical (unpaired) electrons. The monoisotopic (exact) mass is 374 g/mol. The Morgan fingerprint density at radius 1 is 1.35 bits per heavy atom. The zero-order valence-electron chi connectivity index (χ0n) is 14.4. The first kappa shape index (κ1) is 18.2. The summed E-state index contributed by atoms with van der Waals surface area (Å²) in [6.07, 6.45) is 2.52. The zero-order valence-corrected chi connectivity index (χ0v) is 15.2. The fraction of sp³-hybridized carbons (Fsp3) is 0.278. The van der Waals surface area contributed by atoms with Gasteiger partial charge in [0.05, 0.1) is 36.8 Å². The molecule has 0 fully saturated rings. The van der Waals surface area contributed by atoms with Gasteiger partial charge in [0.1, 0.15) is 6.10 Å². The molecule has 26 heavy (non-hydrogen) atoms. The highest BCUT2D eigenvalue weighted by molar-refractivity contribution is 6.34. The number of rotatable bonds is 6. The highest BCUT2D eigenvalue weighted by Gasteiger charge is 2.13. The minimum absolute atomic E-state index is 0.292. The van der Waals surface area contributed by atoms with E-state index >= 15 is 0 Å². The highest BCUT2D eigenvalue weighted by atomic mass is 35.5. The molecule has 1 atom stereocenters. The lowest BCUT2D eigenvalue weighted by molar-refractivity contribution is -0.129.